The number of carbonyl (C=O) groups is 2. The molecule has 1 N–H and O–H groups in total. The summed E-state index contributed by atoms with van der Waals surface area (Å²) < 4.78 is 0. The zero-order chi connectivity index (χ0) is 12.6. The monoisotopic (exact) mass is 238 g/mol. The van der Waals surface area contributed by atoms with E-state index in [2.05, 4.69) is 10.0 Å². The standard InChI is InChI=1S/C10H14N4O3/c1-10(8(15)12-13-11)2-6-4-14(9(16)17)5-7(6)3-10/h6-7H,2-5H2,1H3,(H,16,17). The molecule has 0 aromatic heterocycles. The molecule has 17 heavy (non-hydrogen) atoms. The van der Waals surface area contributed by atoms with Crippen LogP contribution >= 0.6 is 0 Å². The molecule has 7 nitrogen and oxygen atoms in total. The van der Waals surface area contributed by atoms with Crippen molar-refractivity contribution in [2.24, 2.45) is 22.4 Å². The predicted octanol–water partition coefficient (Wildman–Crippen LogP) is 1.85. The van der Waals surface area contributed by atoms with Crippen molar-refractivity contribution >= 4 is 12.0 Å². The van der Waals surface area contributed by atoms with Crippen molar-refractivity contribution in [3.8, 4) is 0 Å². The van der Waals surface area contributed by atoms with Gasteiger partial charge in [-0.2, -0.15) is 0 Å². The molecular formula is C10H14N4O3. The first-order valence-electron chi connectivity index (χ1n) is 5.53. The molecule has 2 fully saturated rings. The van der Waals surface area contributed by atoms with Crippen molar-refractivity contribution in [2.75, 3.05) is 13.1 Å². The summed E-state index contributed by atoms with van der Waals surface area (Å²) in [5, 5.41) is 12.1. The second-order valence-electron chi connectivity index (χ2n) is 5.17. The Morgan fingerprint density at radius 2 is 1.94 bits per heavy atom. The fourth-order valence-corrected chi connectivity index (χ4v) is 3.13. The van der Waals surface area contributed by atoms with Gasteiger partial charge in [-0.05, 0) is 35.3 Å². The molecule has 0 bridgehead atoms. The summed E-state index contributed by atoms with van der Waals surface area (Å²) in [6, 6.07) is 0. The molecule has 0 aromatic rings. The van der Waals surface area contributed by atoms with Gasteiger partial charge in [-0.3, -0.25) is 4.79 Å². The Bertz CT molecular complexity index is 402. The van der Waals surface area contributed by atoms with Gasteiger partial charge in [0.25, 0.3) is 0 Å². The lowest BCUT2D eigenvalue weighted by molar-refractivity contribution is -0.126. The summed E-state index contributed by atoms with van der Waals surface area (Å²) in [7, 11) is 0. The third kappa shape index (κ3) is 1.93. The molecule has 2 rings (SSSR count). The number of likely N-dealkylation sites (tertiary alicyclic amines) is 1. The van der Waals surface area contributed by atoms with Gasteiger partial charge in [-0.15, -0.1) is 0 Å². The van der Waals surface area contributed by atoms with Gasteiger partial charge in [-0.1, -0.05) is 6.92 Å². The summed E-state index contributed by atoms with van der Waals surface area (Å²) in [4.78, 5) is 26.4. The van der Waals surface area contributed by atoms with E-state index in [0.717, 1.165) is 0 Å². The second-order valence-corrected chi connectivity index (χ2v) is 5.17. The minimum atomic E-state index is -0.900. The molecule has 2 amide bonds. The molecule has 1 saturated heterocycles. The normalized spacial score (nSPS) is 35.2. The molecule has 0 spiro atoms. The van der Waals surface area contributed by atoms with Crippen LogP contribution < -0.4 is 0 Å². The van der Waals surface area contributed by atoms with Crippen LogP contribution in [0.2, 0.25) is 0 Å². The summed E-state index contributed by atoms with van der Waals surface area (Å²) >= 11 is 0. The van der Waals surface area contributed by atoms with E-state index in [1.807, 2.05) is 0 Å². The number of fused-ring (bicyclic) bond motifs is 1. The van der Waals surface area contributed by atoms with Gasteiger partial charge >= 0.3 is 6.09 Å². The first-order valence-corrected chi connectivity index (χ1v) is 5.53. The summed E-state index contributed by atoms with van der Waals surface area (Å²) in [5.41, 5.74) is 7.68. The molecule has 1 heterocycles. The van der Waals surface area contributed by atoms with Crippen molar-refractivity contribution in [1.29, 1.82) is 0 Å². The van der Waals surface area contributed by atoms with E-state index in [9.17, 15) is 9.59 Å². The van der Waals surface area contributed by atoms with Crippen LogP contribution in [0.4, 0.5) is 4.79 Å². The molecule has 7 heteroatoms. The predicted molar refractivity (Wildman–Crippen MR) is 58.1 cm³/mol. The zero-order valence-corrected chi connectivity index (χ0v) is 9.54. The maximum absolute atomic E-state index is 11.7. The zero-order valence-electron chi connectivity index (χ0n) is 9.54. The fourth-order valence-electron chi connectivity index (χ4n) is 3.13. The van der Waals surface area contributed by atoms with Gasteiger partial charge in [0.15, 0.2) is 0 Å². The number of carbonyl (C=O) groups excluding carboxylic acids is 1. The maximum Gasteiger partial charge on any atom is 0.407 e. The number of hydrogen-bond acceptors (Lipinski definition) is 2. The lowest BCUT2D eigenvalue weighted by Gasteiger charge is -2.22. The van der Waals surface area contributed by atoms with Crippen molar-refractivity contribution in [2.45, 2.75) is 19.8 Å². The van der Waals surface area contributed by atoms with Gasteiger partial charge in [0.2, 0.25) is 5.91 Å². The van der Waals surface area contributed by atoms with Gasteiger partial charge in [0, 0.05) is 23.4 Å². The Hall–Kier alpha value is -1.75. The van der Waals surface area contributed by atoms with E-state index in [-0.39, 0.29) is 11.8 Å². The van der Waals surface area contributed by atoms with Crippen LogP contribution in [0.3, 0.4) is 0 Å². The molecule has 0 radical (unpaired) electrons. The van der Waals surface area contributed by atoms with Gasteiger partial charge < -0.3 is 10.0 Å². The Morgan fingerprint density at radius 3 is 2.35 bits per heavy atom. The molecule has 92 valence electrons. The summed E-state index contributed by atoms with van der Waals surface area (Å²) in [6.45, 7) is 2.77. The lowest BCUT2D eigenvalue weighted by atomic mass is 9.86. The first kappa shape index (κ1) is 11.7. The largest absolute Gasteiger partial charge is 0.465 e. The second kappa shape index (κ2) is 3.92. The van der Waals surface area contributed by atoms with Crippen LogP contribution in [0.15, 0.2) is 5.11 Å². The van der Waals surface area contributed by atoms with E-state index >= 15 is 0 Å². The Balaban J connectivity index is 2.06. The van der Waals surface area contributed by atoms with E-state index in [0.29, 0.717) is 25.9 Å². The number of carboxylic acid groups (broad SMARTS) is 1. The Morgan fingerprint density at radius 1 is 1.41 bits per heavy atom. The number of azide groups is 1. The average molecular weight is 238 g/mol. The molecule has 0 aromatic carbocycles. The van der Waals surface area contributed by atoms with Crippen LogP contribution in [0.5, 0.6) is 0 Å². The van der Waals surface area contributed by atoms with E-state index in [4.69, 9.17) is 10.6 Å². The Labute approximate surface area is 98.0 Å². The van der Waals surface area contributed by atoms with Gasteiger partial charge in [0.05, 0.1) is 0 Å². The highest BCUT2D eigenvalue weighted by atomic mass is 16.4. The van der Waals surface area contributed by atoms with Crippen molar-refractivity contribution in [1.82, 2.24) is 4.90 Å². The number of rotatable bonds is 1. The third-order valence-electron chi connectivity index (χ3n) is 3.92. The lowest BCUT2D eigenvalue weighted by Crippen LogP contribution is -2.31. The van der Waals surface area contributed by atoms with E-state index in [1.54, 1.807) is 6.92 Å². The van der Waals surface area contributed by atoms with Gasteiger partial charge in [0.1, 0.15) is 0 Å². The van der Waals surface area contributed by atoms with Gasteiger partial charge in [-0.25, -0.2) is 4.79 Å². The molecular weight excluding hydrogens is 224 g/mol. The summed E-state index contributed by atoms with van der Waals surface area (Å²) in [5.74, 6) is 0.0131. The molecule has 2 aliphatic rings. The number of hydrogen-bond donors (Lipinski definition) is 1. The van der Waals surface area contributed by atoms with Crippen molar-refractivity contribution in [3.05, 3.63) is 10.4 Å². The molecule has 1 aliphatic heterocycles. The highest BCUT2D eigenvalue weighted by molar-refractivity contribution is 5.83. The number of amides is 2. The smallest absolute Gasteiger partial charge is 0.407 e. The Kier molecular flexibility index (Phi) is 2.71. The quantitative estimate of drug-likeness (QED) is 0.428. The molecule has 2 atom stereocenters. The highest BCUT2D eigenvalue weighted by Crippen LogP contribution is 2.49. The fraction of sp³-hybridized carbons (Fsp3) is 0.800. The third-order valence-corrected chi connectivity index (χ3v) is 3.92. The minimum Gasteiger partial charge on any atom is -0.465 e. The molecule has 1 saturated carbocycles. The first-order chi connectivity index (χ1) is 7.96. The SMILES string of the molecule is CC1(C(=O)N=[N+]=[N-])CC2CN(C(=O)O)CC2C1. The summed E-state index contributed by atoms with van der Waals surface area (Å²) in [6.07, 6.45) is 0.320. The van der Waals surface area contributed by atoms with Crippen LogP contribution in [-0.2, 0) is 4.79 Å². The molecule has 2 unspecified atom stereocenters. The van der Waals surface area contributed by atoms with Crippen LogP contribution in [0, 0.1) is 17.3 Å². The van der Waals surface area contributed by atoms with E-state index in [1.165, 1.54) is 4.90 Å². The van der Waals surface area contributed by atoms with Crippen molar-refractivity contribution in [3.63, 3.8) is 0 Å². The number of nitrogens with zero attached hydrogens (tertiary/aromatic N) is 4. The molecule has 1 aliphatic carbocycles. The topological polar surface area (TPSA) is 106 Å². The van der Waals surface area contributed by atoms with Crippen molar-refractivity contribution < 1.29 is 14.7 Å². The highest BCUT2D eigenvalue weighted by Gasteiger charge is 2.50. The maximum atomic E-state index is 11.7. The van der Waals surface area contributed by atoms with Crippen LogP contribution in [0.1, 0.15) is 19.8 Å². The van der Waals surface area contributed by atoms with E-state index < -0.39 is 17.4 Å². The van der Waals surface area contributed by atoms with Crippen LogP contribution in [-0.4, -0.2) is 35.1 Å². The average Bonchev–Trinajstić information content (AvgIpc) is 2.73. The van der Waals surface area contributed by atoms with Crippen LogP contribution in [0.25, 0.3) is 10.4 Å². The minimum absolute atomic E-state index is 0.217.